The number of rotatable bonds is 14. The highest BCUT2D eigenvalue weighted by molar-refractivity contribution is 7.91. The fraction of sp³-hybridized carbons (Fsp3) is 0.696. The Morgan fingerprint density at radius 3 is 1.94 bits per heavy atom. The average molecular weight is 455 g/mol. The minimum Gasteiger partial charge on any atom is -0.336 e. The zero-order chi connectivity index (χ0) is 23.4. The lowest BCUT2D eigenvalue weighted by atomic mass is 10.2. The first-order valence-corrected chi connectivity index (χ1v) is 13.1. The molecule has 1 rings (SSSR count). The summed E-state index contributed by atoms with van der Waals surface area (Å²) in [4.78, 5) is 19.5. The fourth-order valence-corrected chi connectivity index (χ4v) is 5.12. The van der Waals surface area contributed by atoms with Crippen LogP contribution in [-0.2, 0) is 9.84 Å². The van der Waals surface area contributed by atoms with Crippen LogP contribution in [0, 0.1) is 0 Å². The van der Waals surface area contributed by atoms with E-state index in [1.807, 2.05) is 0 Å². The van der Waals surface area contributed by atoms with Gasteiger partial charge in [0.05, 0.1) is 10.6 Å². The second-order valence-corrected chi connectivity index (χ2v) is 10.0. The molecule has 0 aromatic heterocycles. The van der Waals surface area contributed by atoms with E-state index in [0.29, 0.717) is 18.0 Å². The molecule has 0 fully saturated rings. The Morgan fingerprint density at radius 2 is 1.42 bits per heavy atom. The van der Waals surface area contributed by atoms with Crippen LogP contribution in [0.15, 0.2) is 35.2 Å². The van der Waals surface area contributed by atoms with Crippen molar-refractivity contribution >= 4 is 15.9 Å². The molecule has 1 aromatic carbocycles. The zero-order valence-corrected chi connectivity index (χ0v) is 21.0. The first kappa shape index (κ1) is 27.4. The van der Waals surface area contributed by atoms with Gasteiger partial charge in [0.2, 0.25) is 0 Å². The summed E-state index contributed by atoms with van der Waals surface area (Å²) in [6, 6.07) is 8.58. The van der Waals surface area contributed by atoms with E-state index < -0.39 is 9.84 Å². The lowest BCUT2D eigenvalue weighted by molar-refractivity contribution is 0.156. The Morgan fingerprint density at radius 1 is 0.903 bits per heavy atom. The topological polar surface area (TPSA) is 73.0 Å². The van der Waals surface area contributed by atoms with Gasteiger partial charge in [-0.1, -0.05) is 45.9 Å². The van der Waals surface area contributed by atoms with E-state index in [9.17, 15) is 13.2 Å². The Kier molecular flexibility index (Phi) is 12.1. The van der Waals surface area contributed by atoms with E-state index >= 15 is 0 Å². The Labute approximate surface area is 189 Å². The number of benzene rings is 1. The highest BCUT2D eigenvalue weighted by Crippen LogP contribution is 2.11. The number of likely N-dealkylation sites (N-methyl/N-ethyl adjacent to an activating group) is 2. The SMILES string of the molecule is CCN(CC)C(C)CNC(=O)N(CCS(=O)(=O)c1ccccc1)CC(C)N(CC)CC. The van der Waals surface area contributed by atoms with Crippen molar-refractivity contribution in [2.45, 2.75) is 58.5 Å². The van der Waals surface area contributed by atoms with Crippen molar-refractivity contribution < 1.29 is 13.2 Å². The maximum Gasteiger partial charge on any atom is 0.317 e. The molecule has 31 heavy (non-hydrogen) atoms. The standard InChI is InChI=1S/C23H42N4O3S/c1-7-25(8-2)20(5)18-24-23(28)27(19-21(6)26(9-3)10-4)16-17-31(29,30)22-14-12-11-13-15-22/h11-15,20-21H,7-10,16-19H2,1-6H3,(H,24,28). The highest BCUT2D eigenvalue weighted by atomic mass is 32.2. The van der Waals surface area contributed by atoms with Gasteiger partial charge in [-0.2, -0.15) is 0 Å². The predicted molar refractivity (Wildman–Crippen MR) is 128 cm³/mol. The predicted octanol–water partition coefficient (Wildman–Crippen LogP) is 2.93. The van der Waals surface area contributed by atoms with E-state index in [0.717, 1.165) is 26.2 Å². The number of urea groups is 1. The van der Waals surface area contributed by atoms with Gasteiger partial charge in [-0.15, -0.1) is 0 Å². The van der Waals surface area contributed by atoms with Gasteiger partial charge in [0.1, 0.15) is 0 Å². The molecule has 0 heterocycles. The molecule has 0 aliphatic heterocycles. The van der Waals surface area contributed by atoms with Crippen molar-refractivity contribution in [2.75, 3.05) is 51.6 Å². The number of sulfone groups is 1. The number of amides is 2. The normalized spacial score (nSPS) is 13.9. The monoisotopic (exact) mass is 454 g/mol. The minimum absolute atomic E-state index is 0.0962. The summed E-state index contributed by atoms with van der Waals surface area (Å²) in [6.07, 6.45) is 0. The van der Waals surface area contributed by atoms with Crippen LogP contribution in [0.1, 0.15) is 41.5 Å². The molecular formula is C23H42N4O3S. The number of hydrogen-bond donors (Lipinski definition) is 1. The van der Waals surface area contributed by atoms with Gasteiger partial charge in [-0.3, -0.25) is 9.80 Å². The molecule has 8 heteroatoms. The largest absolute Gasteiger partial charge is 0.336 e. The van der Waals surface area contributed by atoms with Gasteiger partial charge < -0.3 is 10.2 Å². The van der Waals surface area contributed by atoms with Gasteiger partial charge in [0.15, 0.2) is 9.84 Å². The minimum atomic E-state index is -3.45. The van der Waals surface area contributed by atoms with Crippen molar-refractivity contribution in [1.82, 2.24) is 20.0 Å². The van der Waals surface area contributed by atoms with Crippen molar-refractivity contribution in [3.05, 3.63) is 30.3 Å². The van der Waals surface area contributed by atoms with Crippen molar-refractivity contribution in [3.63, 3.8) is 0 Å². The number of nitrogens with one attached hydrogen (secondary N) is 1. The molecule has 178 valence electrons. The molecule has 0 saturated carbocycles. The van der Waals surface area contributed by atoms with Gasteiger partial charge in [-0.05, 0) is 52.2 Å². The number of hydrogen-bond acceptors (Lipinski definition) is 5. The zero-order valence-electron chi connectivity index (χ0n) is 20.2. The van der Waals surface area contributed by atoms with Crippen molar-refractivity contribution in [2.24, 2.45) is 0 Å². The first-order chi connectivity index (χ1) is 14.7. The summed E-state index contributed by atoms with van der Waals surface area (Å²) in [7, 11) is -3.45. The summed E-state index contributed by atoms with van der Waals surface area (Å²) in [5, 5.41) is 3.02. The summed E-state index contributed by atoms with van der Waals surface area (Å²) in [5.74, 6) is -0.0962. The average Bonchev–Trinajstić information content (AvgIpc) is 2.77. The molecule has 1 N–H and O–H groups in total. The Bertz CT molecular complexity index is 734. The molecule has 7 nitrogen and oxygen atoms in total. The molecule has 2 atom stereocenters. The highest BCUT2D eigenvalue weighted by Gasteiger charge is 2.23. The van der Waals surface area contributed by atoms with Crippen LogP contribution in [0.25, 0.3) is 0 Å². The maximum absolute atomic E-state index is 13.0. The third-order valence-electron chi connectivity index (χ3n) is 5.92. The van der Waals surface area contributed by atoms with E-state index in [2.05, 4.69) is 56.7 Å². The quantitative estimate of drug-likeness (QED) is 0.468. The van der Waals surface area contributed by atoms with E-state index in [-0.39, 0.29) is 30.4 Å². The molecule has 0 bridgehead atoms. The van der Waals surface area contributed by atoms with E-state index in [1.54, 1.807) is 35.2 Å². The number of carbonyl (C=O) groups excluding carboxylic acids is 1. The van der Waals surface area contributed by atoms with Gasteiger partial charge >= 0.3 is 6.03 Å². The van der Waals surface area contributed by atoms with Gasteiger partial charge in [0.25, 0.3) is 0 Å². The molecule has 0 radical (unpaired) electrons. The molecule has 0 spiro atoms. The first-order valence-electron chi connectivity index (χ1n) is 11.5. The number of carbonyl (C=O) groups is 1. The van der Waals surface area contributed by atoms with E-state index in [4.69, 9.17) is 0 Å². The summed E-state index contributed by atoms with van der Waals surface area (Å²) >= 11 is 0. The van der Waals surface area contributed by atoms with Crippen LogP contribution in [0.5, 0.6) is 0 Å². The summed E-state index contributed by atoms with van der Waals surface area (Å²) in [5.41, 5.74) is 0. The Hall–Kier alpha value is -1.64. The number of nitrogens with zero attached hydrogens (tertiary/aromatic N) is 3. The second-order valence-electron chi connectivity index (χ2n) is 7.90. The molecule has 0 aliphatic rings. The molecule has 1 aromatic rings. The van der Waals surface area contributed by atoms with Crippen LogP contribution in [0.4, 0.5) is 4.79 Å². The van der Waals surface area contributed by atoms with Crippen LogP contribution in [0.3, 0.4) is 0 Å². The molecular weight excluding hydrogens is 412 g/mol. The molecule has 2 amide bonds. The van der Waals surface area contributed by atoms with Crippen LogP contribution < -0.4 is 5.32 Å². The third-order valence-corrected chi connectivity index (χ3v) is 7.63. The molecule has 0 saturated heterocycles. The van der Waals surface area contributed by atoms with Crippen molar-refractivity contribution in [1.29, 1.82) is 0 Å². The third kappa shape index (κ3) is 8.79. The Balaban J connectivity index is 2.88. The van der Waals surface area contributed by atoms with Crippen LogP contribution in [-0.4, -0.2) is 92.8 Å². The van der Waals surface area contributed by atoms with Crippen molar-refractivity contribution in [3.8, 4) is 0 Å². The summed E-state index contributed by atoms with van der Waals surface area (Å²) in [6.45, 7) is 17.4. The summed E-state index contributed by atoms with van der Waals surface area (Å²) < 4.78 is 25.5. The van der Waals surface area contributed by atoms with Gasteiger partial charge in [-0.25, -0.2) is 13.2 Å². The smallest absolute Gasteiger partial charge is 0.317 e. The molecule has 2 unspecified atom stereocenters. The lowest BCUT2D eigenvalue weighted by Gasteiger charge is -2.33. The van der Waals surface area contributed by atoms with Gasteiger partial charge in [0, 0.05) is 31.7 Å². The second kappa shape index (κ2) is 13.7. The van der Waals surface area contributed by atoms with Crippen LogP contribution in [0.2, 0.25) is 0 Å². The maximum atomic E-state index is 13.0. The molecule has 0 aliphatic carbocycles. The van der Waals surface area contributed by atoms with Crippen LogP contribution >= 0.6 is 0 Å². The fourth-order valence-electron chi connectivity index (χ4n) is 3.86. The lowest BCUT2D eigenvalue weighted by Crippen LogP contribution is -2.51. The van der Waals surface area contributed by atoms with E-state index in [1.165, 1.54) is 0 Å².